The van der Waals surface area contributed by atoms with Crippen LogP contribution in [0.3, 0.4) is 0 Å². The zero-order valence-corrected chi connectivity index (χ0v) is 17.4. The average Bonchev–Trinajstić information content (AvgIpc) is 3.34. The minimum Gasteiger partial charge on any atom is -0.493 e. The Morgan fingerprint density at radius 2 is 1.86 bits per heavy atom. The average molecular weight is 409 g/mol. The number of hydrogen-bond acceptors (Lipinski definition) is 5. The molecule has 0 aromatic heterocycles. The van der Waals surface area contributed by atoms with Crippen LogP contribution in [0.25, 0.3) is 6.08 Å². The number of hydrogen-bond donors (Lipinski definition) is 1. The molecular formula is C23H24N2O3S. The Balaban J connectivity index is 1.51. The summed E-state index contributed by atoms with van der Waals surface area (Å²) in [5.74, 6) is 1.29. The van der Waals surface area contributed by atoms with Gasteiger partial charge in [0.15, 0.2) is 16.7 Å². The molecular weight excluding hydrogens is 384 g/mol. The van der Waals surface area contributed by atoms with Crippen molar-refractivity contribution >= 4 is 34.6 Å². The first-order chi connectivity index (χ1) is 14.1. The van der Waals surface area contributed by atoms with Crippen LogP contribution in [0.2, 0.25) is 0 Å². The van der Waals surface area contributed by atoms with Crippen molar-refractivity contribution in [3.05, 3.63) is 58.5 Å². The first-order valence-electron chi connectivity index (χ1n) is 9.82. The van der Waals surface area contributed by atoms with Crippen molar-refractivity contribution in [3.63, 3.8) is 0 Å². The first kappa shape index (κ1) is 19.6. The lowest BCUT2D eigenvalue weighted by Gasteiger charge is -2.16. The van der Waals surface area contributed by atoms with E-state index >= 15 is 0 Å². The second kappa shape index (κ2) is 8.74. The minimum absolute atomic E-state index is 0.147. The van der Waals surface area contributed by atoms with Gasteiger partial charge in [-0.25, -0.2) is 4.99 Å². The van der Waals surface area contributed by atoms with Crippen LogP contribution in [-0.2, 0) is 4.79 Å². The van der Waals surface area contributed by atoms with Gasteiger partial charge in [0.25, 0.3) is 5.91 Å². The summed E-state index contributed by atoms with van der Waals surface area (Å²) >= 11 is 1.33. The summed E-state index contributed by atoms with van der Waals surface area (Å²) in [5, 5.41) is 3.41. The second-order valence-electron chi connectivity index (χ2n) is 7.25. The molecule has 29 heavy (non-hydrogen) atoms. The lowest BCUT2D eigenvalue weighted by molar-refractivity contribution is -0.115. The van der Waals surface area contributed by atoms with Crippen molar-refractivity contribution < 1.29 is 14.3 Å². The van der Waals surface area contributed by atoms with E-state index in [-0.39, 0.29) is 12.0 Å². The predicted molar refractivity (Wildman–Crippen MR) is 118 cm³/mol. The molecule has 2 aromatic carbocycles. The van der Waals surface area contributed by atoms with E-state index in [1.165, 1.54) is 30.2 Å². The maximum atomic E-state index is 12.3. The van der Waals surface area contributed by atoms with E-state index in [1.807, 2.05) is 55.5 Å². The Bertz CT molecular complexity index is 961. The van der Waals surface area contributed by atoms with Gasteiger partial charge in [0.05, 0.1) is 23.8 Å². The molecule has 5 nitrogen and oxygen atoms in total. The van der Waals surface area contributed by atoms with Crippen LogP contribution in [0.1, 0.15) is 36.8 Å². The van der Waals surface area contributed by atoms with Gasteiger partial charge < -0.3 is 14.8 Å². The van der Waals surface area contributed by atoms with Crippen molar-refractivity contribution in [2.45, 2.75) is 38.7 Å². The van der Waals surface area contributed by atoms with Crippen molar-refractivity contribution in [1.29, 1.82) is 0 Å². The minimum atomic E-state index is -0.147. The summed E-state index contributed by atoms with van der Waals surface area (Å²) in [6.07, 6.45) is 6.74. The normalized spacial score (nSPS) is 19.7. The Kier molecular flexibility index (Phi) is 5.90. The third kappa shape index (κ3) is 4.82. The van der Waals surface area contributed by atoms with Crippen LogP contribution in [0, 0.1) is 6.92 Å². The molecule has 0 radical (unpaired) electrons. The summed E-state index contributed by atoms with van der Waals surface area (Å²) < 4.78 is 11.6. The quantitative estimate of drug-likeness (QED) is 0.690. The molecule has 150 valence electrons. The first-order valence-corrected chi connectivity index (χ1v) is 10.6. The Hall–Kier alpha value is -2.73. The number of nitrogens with zero attached hydrogens (tertiary/aromatic N) is 1. The fraction of sp³-hybridized carbons (Fsp3) is 0.304. The summed E-state index contributed by atoms with van der Waals surface area (Å²) in [7, 11) is 1.64. The number of aryl methyl sites for hydroxylation is 1. The molecule has 4 rings (SSSR count). The Morgan fingerprint density at radius 3 is 2.59 bits per heavy atom. The Morgan fingerprint density at radius 1 is 1.10 bits per heavy atom. The van der Waals surface area contributed by atoms with E-state index in [1.54, 1.807) is 7.11 Å². The topological polar surface area (TPSA) is 59.9 Å². The second-order valence-corrected chi connectivity index (χ2v) is 8.28. The van der Waals surface area contributed by atoms with Crippen molar-refractivity contribution in [1.82, 2.24) is 5.32 Å². The predicted octanol–water partition coefficient (Wildman–Crippen LogP) is 5.22. The fourth-order valence-corrected chi connectivity index (χ4v) is 4.27. The number of nitrogens with one attached hydrogen (secondary N) is 1. The number of methoxy groups -OCH3 is 1. The number of rotatable bonds is 5. The Labute approximate surface area is 175 Å². The lowest BCUT2D eigenvalue weighted by atomic mass is 10.2. The molecule has 2 fully saturated rings. The van der Waals surface area contributed by atoms with Gasteiger partial charge in [-0.1, -0.05) is 23.8 Å². The van der Waals surface area contributed by atoms with Crippen molar-refractivity contribution in [3.8, 4) is 11.5 Å². The molecule has 0 atom stereocenters. The molecule has 1 heterocycles. The van der Waals surface area contributed by atoms with Gasteiger partial charge in [-0.2, -0.15) is 0 Å². The van der Waals surface area contributed by atoms with Gasteiger partial charge in [-0.05, 0) is 80.3 Å². The molecule has 1 aliphatic carbocycles. The highest BCUT2D eigenvalue weighted by Gasteiger charge is 2.24. The van der Waals surface area contributed by atoms with Crippen LogP contribution >= 0.6 is 11.8 Å². The van der Waals surface area contributed by atoms with E-state index in [9.17, 15) is 4.79 Å². The number of carbonyl (C=O) groups excluding carboxylic acids is 1. The van der Waals surface area contributed by atoms with Gasteiger partial charge in [0.2, 0.25) is 0 Å². The summed E-state index contributed by atoms with van der Waals surface area (Å²) in [6.45, 7) is 2.03. The number of amidine groups is 1. The SMILES string of the molecule is COc1cc(C=C2SC(=Nc3ccc(C)cc3)NC2=O)ccc1OC1CCCC1. The summed E-state index contributed by atoms with van der Waals surface area (Å²) in [4.78, 5) is 17.5. The molecule has 2 aliphatic rings. The van der Waals surface area contributed by atoms with Crippen LogP contribution in [0.4, 0.5) is 5.69 Å². The highest BCUT2D eigenvalue weighted by atomic mass is 32.2. The molecule has 1 saturated heterocycles. The molecule has 0 spiro atoms. The standard InChI is InChI=1S/C23H24N2O3S/c1-15-7-10-17(11-8-15)24-23-25-22(26)21(29-23)14-16-9-12-19(20(13-16)27-2)28-18-5-3-4-6-18/h7-14,18H,3-6H2,1-2H3,(H,24,25,26). The molecule has 1 aliphatic heterocycles. The van der Waals surface area contributed by atoms with E-state index in [4.69, 9.17) is 9.47 Å². The van der Waals surface area contributed by atoms with Gasteiger partial charge in [0, 0.05) is 0 Å². The van der Waals surface area contributed by atoms with E-state index in [0.717, 1.165) is 29.8 Å². The van der Waals surface area contributed by atoms with Crippen LogP contribution < -0.4 is 14.8 Å². The lowest BCUT2D eigenvalue weighted by Crippen LogP contribution is -2.19. The third-order valence-corrected chi connectivity index (χ3v) is 5.91. The summed E-state index contributed by atoms with van der Waals surface area (Å²) in [5.41, 5.74) is 2.87. The van der Waals surface area contributed by atoms with Crippen LogP contribution in [-0.4, -0.2) is 24.3 Å². The molecule has 0 unspecified atom stereocenters. The van der Waals surface area contributed by atoms with Crippen LogP contribution in [0.15, 0.2) is 52.4 Å². The zero-order chi connectivity index (χ0) is 20.2. The van der Waals surface area contributed by atoms with E-state index in [2.05, 4.69) is 10.3 Å². The zero-order valence-electron chi connectivity index (χ0n) is 16.6. The number of thioether (sulfide) groups is 1. The molecule has 1 N–H and O–H groups in total. The molecule has 6 heteroatoms. The monoisotopic (exact) mass is 408 g/mol. The van der Waals surface area contributed by atoms with Gasteiger partial charge in [-0.15, -0.1) is 0 Å². The molecule has 1 saturated carbocycles. The highest BCUT2D eigenvalue weighted by Crippen LogP contribution is 2.34. The maximum Gasteiger partial charge on any atom is 0.264 e. The van der Waals surface area contributed by atoms with Crippen LogP contribution in [0.5, 0.6) is 11.5 Å². The highest BCUT2D eigenvalue weighted by molar-refractivity contribution is 8.18. The fourth-order valence-electron chi connectivity index (χ4n) is 3.43. The molecule has 1 amide bonds. The van der Waals surface area contributed by atoms with E-state index in [0.29, 0.717) is 15.8 Å². The van der Waals surface area contributed by atoms with Gasteiger partial charge in [-0.3, -0.25) is 4.79 Å². The number of amides is 1. The van der Waals surface area contributed by atoms with E-state index < -0.39 is 0 Å². The van der Waals surface area contributed by atoms with Gasteiger partial charge in [0.1, 0.15) is 0 Å². The summed E-state index contributed by atoms with van der Waals surface area (Å²) in [6, 6.07) is 13.6. The number of ether oxygens (including phenoxy) is 2. The third-order valence-electron chi connectivity index (χ3n) is 5.00. The molecule has 0 bridgehead atoms. The smallest absolute Gasteiger partial charge is 0.264 e. The molecule has 2 aromatic rings. The number of benzene rings is 2. The van der Waals surface area contributed by atoms with Crippen molar-refractivity contribution in [2.24, 2.45) is 4.99 Å². The van der Waals surface area contributed by atoms with Gasteiger partial charge >= 0.3 is 0 Å². The largest absolute Gasteiger partial charge is 0.493 e. The number of carbonyl (C=O) groups is 1. The maximum absolute atomic E-state index is 12.3. The van der Waals surface area contributed by atoms with Crippen molar-refractivity contribution in [2.75, 3.05) is 7.11 Å². The number of aliphatic imine (C=N–C) groups is 1.